The van der Waals surface area contributed by atoms with Crippen molar-refractivity contribution in [2.24, 2.45) is 4.99 Å². The monoisotopic (exact) mass is 248 g/mol. The van der Waals surface area contributed by atoms with E-state index in [1.54, 1.807) is 7.11 Å². The van der Waals surface area contributed by atoms with E-state index in [4.69, 9.17) is 14.2 Å². The summed E-state index contributed by atoms with van der Waals surface area (Å²) in [6, 6.07) is 7.85. The highest BCUT2D eigenvalue weighted by molar-refractivity contribution is 5.91. The Morgan fingerprint density at radius 3 is 2.83 bits per heavy atom. The standard InChI is InChI=1S/C13H16N2O3/c1-9-7-14-12(15-9)13(16-2)8-17-10-5-3-4-6-11(10)18-13/h3-6,9H,7-8H2,1-2H3,(H,14,15). The summed E-state index contributed by atoms with van der Waals surface area (Å²) in [6.07, 6.45) is 0. The zero-order chi connectivity index (χ0) is 12.6. The highest BCUT2D eigenvalue weighted by Crippen LogP contribution is 2.36. The summed E-state index contributed by atoms with van der Waals surface area (Å²) in [5.74, 6) is 1.15. The van der Waals surface area contributed by atoms with Crippen molar-refractivity contribution in [1.82, 2.24) is 5.32 Å². The minimum atomic E-state index is -0.959. The molecule has 18 heavy (non-hydrogen) atoms. The zero-order valence-corrected chi connectivity index (χ0v) is 10.5. The summed E-state index contributed by atoms with van der Waals surface area (Å²) in [5, 5.41) is 3.27. The molecule has 1 aromatic rings. The number of benzene rings is 1. The van der Waals surface area contributed by atoms with Crippen molar-refractivity contribution >= 4 is 5.84 Å². The fourth-order valence-electron chi connectivity index (χ4n) is 2.13. The van der Waals surface area contributed by atoms with Crippen molar-refractivity contribution < 1.29 is 14.2 Å². The van der Waals surface area contributed by atoms with Gasteiger partial charge < -0.3 is 19.5 Å². The van der Waals surface area contributed by atoms with Crippen molar-refractivity contribution in [3.8, 4) is 11.5 Å². The van der Waals surface area contributed by atoms with E-state index in [1.807, 2.05) is 24.3 Å². The molecule has 2 heterocycles. The lowest BCUT2D eigenvalue weighted by Crippen LogP contribution is -2.57. The average molecular weight is 248 g/mol. The molecular formula is C13H16N2O3. The summed E-state index contributed by atoms with van der Waals surface area (Å²) < 4.78 is 17.2. The van der Waals surface area contributed by atoms with Gasteiger partial charge in [-0.3, -0.25) is 4.99 Å². The molecule has 2 atom stereocenters. The lowest BCUT2D eigenvalue weighted by molar-refractivity contribution is -0.145. The molecule has 0 saturated heterocycles. The number of rotatable bonds is 2. The molecule has 2 unspecified atom stereocenters. The van der Waals surface area contributed by atoms with Crippen LogP contribution in [-0.4, -0.2) is 37.9 Å². The number of ether oxygens (including phenoxy) is 3. The van der Waals surface area contributed by atoms with Crippen LogP contribution in [0.2, 0.25) is 0 Å². The van der Waals surface area contributed by atoms with Gasteiger partial charge in [0.15, 0.2) is 23.9 Å². The number of hydrogen-bond donors (Lipinski definition) is 1. The van der Waals surface area contributed by atoms with Crippen LogP contribution in [0.1, 0.15) is 6.92 Å². The lowest BCUT2D eigenvalue weighted by atomic mass is 10.2. The molecule has 0 amide bonds. The van der Waals surface area contributed by atoms with Crippen LogP contribution in [0.4, 0.5) is 0 Å². The quantitative estimate of drug-likeness (QED) is 0.854. The number of nitrogens with zero attached hydrogens (tertiary/aromatic N) is 1. The van der Waals surface area contributed by atoms with Gasteiger partial charge in [-0.25, -0.2) is 0 Å². The molecule has 0 radical (unpaired) electrons. The molecular weight excluding hydrogens is 232 g/mol. The molecule has 0 fully saturated rings. The minimum absolute atomic E-state index is 0.291. The molecule has 0 spiro atoms. The van der Waals surface area contributed by atoms with Crippen molar-refractivity contribution in [3.63, 3.8) is 0 Å². The van der Waals surface area contributed by atoms with Crippen LogP contribution in [0.3, 0.4) is 0 Å². The van der Waals surface area contributed by atoms with Gasteiger partial charge in [0, 0.05) is 13.2 Å². The largest absolute Gasteiger partial charge is 0.482 e. The van der Waals surface area contributed by atoms with Crippen molar-refractivity contribution in [1.29, 1.82) is 0 Å². The number of fused-ring (bicyclic) bond motifs is 1. The molecule has 96 valence electrons. The van der Waals surface area contributed by atoms with Gasteiger partial charge in [0.25, 0.3) is 0 Å². The molecule has 0 bridgehead atoms. The molecule has 1 N–H and O–H groups in total. The van der Waals surface area contributed by atoms with Gasteiger partial charge >= 0.3 is 5.79 Å². The number of methoxy groups -OCH3 is 1. The van der Waals surface area contributed by atoms with Gasteiger partial charge in [0.2, 0.25) is 0 Å². The Hall–Kier alpha value is -1.75. The maximum Gasteiger partial charge on any atom is 0.303 e. The fourth-order valence-corrected chi connectivity index (χ4v) is 2.13. The second-order valence-electron chi connectivity index (χ2n) is 4.53. The van der Waals surface area contributed by atoms with E-state index < -0.39 is 5.79 Å². The van der Waals surface area contributed by atoms with E-state index in [9.17, 15) is 0 Å². The number of hydrogen-bond acceptors (Lipinski definition) is 5. The van der Waals surface area contributed by atoms with Crippen LogP contribution < -0.4 is 14.8 Å². The van der Waals surface area contributed by atoms with Gasteiger partial charge in [-0.15, -0.1) is 0 Å². The first-order valence-corrected chi connectivity index (χ1v) is 6.01. The summed E-state index contributed by atoms with van der Waals surface area (Å²) in [7, 11) is 1.60. The topological polar surface area (TPSA) is 52.1 Å². The van der Waals surface area contributed by atoms with Crippen molar-refractivity contribution in [3.05, 3.63) is 24.3 Å². The molecule has 2 aliphatic heterocycles. The molecule has 0 aromatic heterocycles. The predicted molar refractivity (Wildman–Crippen MR) is 67.2 cm³/mol. The van der Waals surface area contributed by atoms with Crippen LogP contribution in [0.15, 0.2) is 29.3 Å². The van der Waals surface area contributed by atoms with E-state index in [0.717, 1.165) is 12.3 Å². The Balaban J connectivity index is 1.91. The van der Waals surface area contributed by atoms with Gasteiger partial charge in [-0.1, -0.05) is 12.1 Å². The molecule has 5 nitrogen and oxygen atoms in total. The third-order valence-corrected chi connectivity index (χ3v) is 3.14. The highest BCUT2D eigenvalue weighted by Gasteiger charge is 2.45. The summed E-state index contributed by atoms with van der Waals surface area (Å²) in [5.41, 5.74) is 0. The van der Waals surface area contributed by atoms with Crippen LogP contribution in [0, 0.1) is 0 Å². The Morgan fingerprint density at radius 1 is 1.39 bits per heavy atom. The third-order valence-electron chi connectivity index (χ3n) is 3.14. The predicted octanol–water partition coefficient (Wildman–Crippen LogP) is 1.19. The molecule has 5 heteroatoms. The minimum Gasteiger partial charge on any atom is -0.482 e. The maximum absolute atomic E-state index is 5.96. The SMILES string of the molecule is COC1(C2=NCC(C)N2)COc2ccccc2O1. The normalized spacial score (nSPS) is 29.7. The smallest absolute Gasteiger partial charge is 0.303 e. The van der Waals surface area contributed by atoms with Crippen LogP contribution in [0.25, 0.3) is 0 Å². The van der Waals surface area contributed by atoms with E-state index in [-0.39, 0.29) is 0 Å². The van der Waals surface area contributed by atoms with Crippen LogP contribution >= 0.6 is 0 Å². The first-order valence-electron chi connectivity index (χ1n) is 6.01. The van der Waals surface area contributed by atoms with Gasteiger partial charge in [-0.2, -0.15) is 0 Å². The third kappa shape index (κ3) is 1.71. The van der Waals surface area contributed by atoms with E-state index in [2.05, 4.69) is 17.2 Å². The first kappa shape index (κ1) is 11.3. The summed E-state index contributed by atoms with van der Waals surface area (Å²) in [4.78, 5) is 4.43. The number of para-hydroxylation sites is 2. The second kappa shape index (κ2) is 4.17. The Bertz CT molecular complexity index is 489. The Morgan fingerprint density at radius 2 is 2.17 bits per heavy atom. The molecule has 0 aliphatic carbocycles. The Labute approximate surface area is 106 Å². The van der Waals surface area contributed by atoms with Gasteiger partial charge in [-0.05, 0) is 19.1 Å². The summed E-state index contributed by atoms with van der Waals surface area (Å²) >= 11 is 0. The van der Waals surface area contributed by atoms with Crippen LogP contribution in [0.5, 0.6) is 11.5 Å². The van der Waals surface area contributed by atoms with Gasteiger partial charge in [0.05, 0.1) is 6.54 Å². The average Bonchev–Trinajstić information content (AvgIpc) is 2.85. The van der Waals surface area contributed by atoms with E-state index in [1.165, 1.54) is 0 Å². The zero-order valence-electron chi connectivity index (χ0n) is 10.5. The van der Waals surface area contributed by atoms with E-state index in [0.29, 0.717) is 24.2 Å². The number of nitrogens with one attached hydrogen (secondary N) is 1. The molecule has 0 saturated carbocycles. The molecule has 3 rings (SSSR count). The summed E-state index contributed by atoms with van der Waals surface area (Å²) in [6.45, 7) is 3.09. The number of amidine groups is 1. The number of aliphatic imine (C=N–C) groups is 1. The second-order valence-corrected chi connectivity index (χ2v) is 4.53. The van der Waals surface area contributed by atoms with Crippen molar-refractivity contribution in [2.75, 3.05) is 20.3 Å². The molecule has 1 aromatic carbocycles. The maximum atomic E-state index is 5.96. The van der Waals surface area contributed by atoms with E-state index >= 15 is 0 Å². The Kier molecular flexibility index (Phi) is 2.63. The fraction of sp³-hybridized carbons (Fsp3) is 0.462. The van der Waals surface area contributed by atoms with Crippen molar-refractivity contribution in [2.45, 2.75) is 18.8 Å². The van der Waals surface area contributed by atoms with Gasteiger partial charge in [0.1, 0.15) is 0 Å². The van der Waals surface area contributed by atoms with Crippen LogP contribution in [-0.2, 0) is 4.74 Å². The highest BCUT2D eigenvalue weighted by atomic mass is 16.7. The molecule has 2 aliphatic rings. The first-order chi connectivity index (χ1) is 8.73. The lowest BCUT2D eigenvalue weighted by Gasteiger charge is -2.36.